The zero-order valence-electron chi connectivity index (χ0n) is 15.1. The number of benzene rings is 4. The lowest BCUT2D eigenvalue weighted by molar-refractivity contribution is 1.32. The van der Waals surface area contributed by atoms with Crippen LogP contribution in [0.4, 0.5) is 5.69 Å². The minimum atomic E-state index is 0.883. The first kappa shape index (κ1) is 17.0. The highest BCUT2D eigenvalue weighted by atomic mass is 32.2. The smallest absolute Gasteiger partial charge is 0.0320 e. The van der Waals surface area contributed by atoms with Crippen LogP contribution in [-0.4, -0.2) is 0 Å². The van der Waals surface area contributed by atoms with Crippen LogP contribution in [0.25, 0.3) is 21.5 Å². The van der Waals surface area contributed by atoms with E-state index in [1.807, 2.05) is 23.5 Å². The molecule has 0 saturated heterocycles. The van der Waals surface area contributed by atoms with Crippen LogP contribution in [0.15, 0.2) is 66.7 Å². The average molecular weight is 388 g/mol. The van der Waals surface area contributed by atoms with Gasteiger partial charge in [0.1, 0.15) is 0 Å². The van der Waals surface area contributed by atoms with Gasteiger partial charge in [-0.3, -0.25) is 0 Å². The highest BCUT2D eigenvalue weighted by Gasteiger charge is 2.14. The quantitative estimate of drug-likeness (QED) is 0.267. The zero-order chi connectivity index (χ0) is 18.2. The van der Waals surface area contributed by atoms with E-state index in [1.165, 1.54) is 43.8 Å². The largest absolute Gasteiger partial charge is 0.399 e. The van der Waals surface area contributed by atoms with Gasteiger partial charge < -0.3 is 5.73 Å². The molecule has 0 fully saturated rings. The van der Waals surface area contributed by atoms with Crippen LogP contribution in [0.5, 0.6) is 0 Å². The van der Waals surface area contributed by atoms with Gasteiger partial charge >= 0.3 is 0 Å². The van der Waals surface area contributed by atoms with E-state index in [9.17, 15) is 0 Å². The SMILES string of the molecule is Nc1cc2cc(c1)CSCc1c3ccccc3c(c3ccccc13)CSC2. The molecule has 4 aromatic rings. The van der Waals surface area contributed by atoms with Crippen LogP contribution in [0.1, 0.15) is 22.3 Å². The summed E-state index contributed by atoms with van der Waals surface area (Å²) >= 11 is 3.96. The van der Waals surface area contributed by atoms with E-state index in [4.69, 9.17) is 5.73 Å². The van der Waals surface area contributed by atoms with Crippen molar-refractivity contribution in [2.75, 3.05) is 5.73 Å². The summed E-state index contributed by atoms with van der Waals surface area (Å²) in [4.78, 5) is 0. The van der Waals surface area contributed by atoms with Gasteiger partial charge in [-0.25, -0.2) is 0 Å². The standard InChI is InChI=1S/C24H21NS2/c25-18-10-16-9-17(11-18)13-27-15-24-20-6-2-1-5-19(20)23(14-26-12-16)21-7-3-4-8-22(21)24/h1-11H,12-15,25H2. The molecule has 0 aliphatic carbocycles. The number of thioether (sulfide) groups is 2. The molecule has 4 bridgehead atoms. The number of nitrogens with two attached hydrogens (primary N) is 1. The van der Waals surface area contributed by atoms with E-state index in [-0.39, 0.29) is 0 Å². The van der Waals surface area contributed by atoms with Gasteiger partial charge in [-0.2, -0.15) is 23.5 Å². The predicted octanol–water partition coefficient (Wildman–Crippen LogP) is 6.76. The maximum atomic E-state index is 6.16. The summed E-state index contributed by atoms with van der Waals surface area (Å²) in [5.74, 6) is 4.01. The molecule has 3 heteroatoms. The van der Waals surface area contributed by atoms with Crippen molar-refractivity contribution in [3.05, 3.63) is 89.0 Å². The van der Waals surface area contributed by atoms with Crippen molar-refractivity contribution < 1.29 is 0 Å². The van der Waals surface area contributed by atoms with E-state index in [0.29, 0.717) is 0 Å². The second-order valence-corrected chi connectivity index (χ2v) is 9.09. The van der Waals surface area contributed by atoms with Crippen molar-refractivity contribution >= 4 is 50.8 Å². The molecule has 4 aromatic carbocycles. The summed E-state index contributed by atoms with van der Waals surface area (Å²) in [5.41, 5.74) is 12.6. The first-order chi connectivity index (χ1) is 13.3. The molecule has 0 spiro atoms. The fourth-order valence-electron chi connectivity index (χ4n) is 4.12. The maximum Gasteiger partial charge on any atom is 0.0320 e. The summed E-state index contributed by atoms with van der Waals surface area (Å²) in [6, 6.07) is 24.4. The van der Waals surface area contributed by atoms with Gasteiger partial charge in [0.2, 0.25) is 0 Å². The van der Waals surface area contributed by atoms with E-state index in [2.05, 4.69) is 66.7 Å². The summed E-state index contributed by atoms with van der Waals surface area (Å²) in [5, 5.41) is 5.63. The molecule has 0 unspecified atom stereocenters. The topological polar surface area (TPSA) is 26.0 Å². The molecule has 2 aliphatic heterocycles. The lowest BCUT2D eigenvalue weighted by Crippen LogP contribution is -1.94. The monoisotopic (exact) mass is 387 g/mol. The molecule has 27 heavy (non-hydrogen) atoms. The lowest BCUT2D eigenvalue weighted by Gasteiger charge is -2.16. The first-order valence-electron chi connectivity index (χ1n) is 9.24. The van der Waals surface area contributed by atoms with E-state index < -0.39 is 0 Å². The van der Waals surface area contributed by atoms with Crippen molar-refractivity contribution in [2.45, 2.75) is 23.0 Å². The van der Waals surface area contributed by atoms with E-state index >= 15 is 0 Å². The van der Waals surface area contributed by atoms with E-state index in [0.717, 1.165) is 28.7 Å². The zero-order valence-corrected chi connectivity index (χ0v) is 16.7. The Morgan fingerprint density at radius 1 is 0.556 bits per heavy atom. The van der Waals surface area contributed by atoms with Crippen molar-refractivity contribution in [3.8, 4) is 0 Å². The van der Waals surface area contributed by atoms with Crippen LogP contribution >= 0.6 is 23.5 Å². The van der Waals surface area contributed by atoms with Gasteiger partial charge in [0.05, 0.1) is 0 Å². The number of anilines is 1. The Morgan fingerprint density at radius 2 is 0.963 bits per heavy atom. The third-order valence-electron chi connectivity index (χ3n) is 5.26. The molecule has 6 rings (SSSR count). The highest BCUT2D eigenvalue weighted by molar-refractivity contribution is 7.98. The summed E-state index contributed by atoms with van der Waals surface area (Å²) in [6.45, 7) is 0. The van der Waals surface area contributed by atoms with Gasteiger partial charge in [-0.05, 0) is 55.9 Å². The van der Waals surface area contributed by atoms with Crippen LogP contribution in [0, 0.1) is 0 Å². The van der Waals surface area contributed by atoms with Gasteiger partial charge in [0.25, 0.3) is 0 Å². The average Bonchev–Trinajstić information content (AvgIpc) is 2.70. The third-order valence-corrected chi connectivity index (χ3v) is 7.32. The Balaban J connectivity index is 1.73. The molecule has 2 aliphatic rings. The van der Waals surface area contributed by atoms with Gasteiger partial charge in [0, 0.05) is 28.7 Å². The lowest BCUT2D eigenvalue weighted by atomic mass is 9.93. The second kappa shape index (κ2) is 7.14. The van der Waals surface area contributed by atoms with Crippen molar-refractivity contribution in [1.29, 1.82) is 0 Å². The molecular formula is C24H21NS2. The highest BCUT2D eigenvalue weighted by Crippen LogP contribution is 2.38. The molecule has 2 N–H and O–H groups in total. The minimum Gasteiger partial charge on any atom is -0.399 e. The van der Waals surface area contributed by atoms with Crippen LogP contribution < -0.4 is 5.73 Å². The summed E-state index contributed by atoms with van der Waals surface area (Å²) < 4.78 is 0. The molecule has 2 heterocycles. The normalized spacial score (nSPS) is 14.7. The van der Waals surface area contributed by atoms with Gasteiger partial charge in [-0.15, -0.1) is 0 Å². The van der Waals surface area contributed by atoms with Crippen LogP contribution in [0.3, 0.4) is 0 Å². The third kappa shape index (κ3) is 3.19. The van der Waals surface area contributed by atoms with Gasteiger partial charge in [0.15, 0.2) is 0 Å². The second-order valence-electron chi connectivity index (χ2n) is 7.12. The van der Waals surface area contributed by atoms with E-state index in [1.54, 1.807) is 0 Å². The minimum absolute atomic E-state index is 0.883. The Labute approximate surface area is 168 Å². The molecule has 0 radical (unpaired) electrons. The maximum absolute atomic E-state index is 6.16. The number of hydrogen-bond acceptors (Lipinski definition) is 3. The summed E-state index contributed by atoms with van der Waals surface area (Å²) in [7, 11) is 0. The number of nitrogen functional groups attached to an aromatic ring is 1. The van der Waals surface area contributed by atoms with Crippen LogP contribution in [0.2, 0.25) is 0 Å². The Bertz CT molecular complexity index is 1010. The van der Waals surface area contributed by atoms with Gasteiger partial charge in [-0.1, -0.05) is 54.6 Å². The van der Waals surface area contributed by atoms with Crippen LogP contribution in [-0.2, 0) is 23.0 Å². The number of fused-ring (bicyclic) bond motifs is 4. The van der Waals surface area contributed by atoms with Crippen molar-refractivity contribution in [3.63, 3.8) is 0 Å². The predicted molar refractivity (Wildman–Crippen MR) is 122 cm³/mol. The van der Waals surface area contributed by atoms with Crippen molar-refractivity contribution in [1.82, 2.24) is 0 Å². The Morgan fingerprint density at radius 3 is 1.37 bits per heavy atom. The number of hydrogen-bond donors (Lipinski definition) is 1. The Kier molecular flexibility index (Phi) is 4.50. The molecule has 0 atom stereocenters. The molecule has 0 amide bonds. The molecule has 0 aromatic heterocycles. The first-order valence-corrected chi connectivity index (χ1v) is 11.6. The molecule has 134 valence electrons. The fourth-order valence-corrected chi connectivity index (χ4v) is 6.16. The molecular weight excluding hydrogens is 366 g/mol. The molecule has 0 saturated carbocycles. The number of rotatable bonds is 0. The van der Waals surface area contributed by atoms with Crippen molar-refractivity contribution in [2.24, 2.45) is 0 Å². The Hall–Kier alpha value is -2.10. The fraction of sp³-hybridized carbons (Fsp3) is 0.167. The summed E-state index contributed by atoms with van der Waals surface area (Å²) in [6.07, 6.45) is 0. The molecule has 1 nitrogen and oxygen atoms in total.